The Morgan fingerprint density at radius 1 is 1.09 bits per heavy atom. The van der Waals surface area contributed by atoms with E-state index >= 15 is 0 Å². The number of rotatable bonds is 6. The SMILES string of the molecule is CN(c1ccc(C2(O)CSC(=S)N2Cc2cccnc2)cc1)S(=O)(=O)c1cccc2cccnc12. The lowest BCUT2D eigenvalue weighted by molar-refractivity contribution is -0.0508. The summed E-state index contributed by atoms with van der Waals surface area (Å²) >= 11 is 6.93. The molecule has 3 heterocycles. The number of aliphatic hydroxyl groups is 1. The lowest BCUT2D eigenvalue weighted by atomic mass is 10.0. The Kier molecular flexibility index (Phi) is 6.22. The highest BCUT2D eigenvalue weighted by Crippen LogP contribution is 2.40. The number of aromatic nitrogens is 2. The Labute approximate surface area is 213 Å². The molecule has 2 aromatic heterocycles. The first kappa shape index (κ1) is 23.7. The van der Waals surface area contributed by atoms with Crippen LogP contribution in [-0.2, 0) is 22.3 Å². The standard InChI is InChI=1S/C25H22N4O3S3/c1-28(35(31,32)22-8-2-6-19-7-4-14-27-23(19)22)21-11-9-20(10-12-21)25(30)17-34-24(33)29(25)16-18-5-3-13-26-15-18/h2-15,30H,16-17H2,1H3. The molecular formula is C25H22N4O3S3. The summed E-state index contributed by atoms with van der Waals surface area (Å²) in [6.45, 7) is 0.417. The van der Waals surface area contributed by atoms with E-state index in [0.29, 0.717) is 33.4 Å². The Morgan fingerprint density at radius 2 is 1.83 bits per heavy atom. The molecule has 0 bridgehead atoms. The second-order valence-corrected chi connectivity index (χ2v) is 11.7. The van der Waals surface area contributed by atoms with Gasteiger partial charge in [-0.25, -0.2) is 8.42 Å². The van der Waals surface area contributed by atoms with Crippen molar-refractivity contribution in [3.8, 4) is 0 Å². The van der Waals surface area contributed by atoms with Crippen LogP contribution in [0.5, 0.6) is 0 Å². The van der Waals surface area contributed by atoms with Gasteiger partial charge in [-0.05, 0) is 35.9 Å². The first-order chi connectivity index (χ1) is 16.8. The van der Waals surface area contributed by atoms with E-state index in [9.17, 15) is 13.5 Å². The van der Waals surface area contributed by atoms with Crippen LogP contribution in [0.1, 0.15) is 11.1 Å². The summed E-state index contributed by atoms with van der Waals surface area (Å²) < 4.78 is 28.7. The maximum atomic E-state index is 13.5. The Bertz CT molecular complexity index is 1490. The number of benzene rings is 2. The summed E-state index contributed by atoms with van der Waals surface area (Å²) in [7, 11) is -2.35. The van der Waals surface area contributed by atoms with Crippen molar-refractivity contribution in [1.82, 2.24) is 14.9 Å². The first-order valence-corrected chi connectivity index (χ1v) is 13.6. The van der Waals surface area contributed by atoms with Crippen LogP contribution in [0.2, 0.25) is 0 Å². The maximum absolute atomic E-state index is 13.5. The number of para-hydroxylation sites is 1. The minimum atomic E-state index is -3.86. The van der Waals surface area contributed by atoms with Gasteiger partial charge in [0.25, 0.3) is 10.0 Å². The number of hydrogen-bond acceptors (Lipinski definition) is 7. The van der Waals surface area contributed by atoms with Crippen LogP contribution in [0.25, 0.3) is 10.9 Å². The number of sulfonamides is 1. The van der Waals surface area contributed by atoms with E-state index in [1.807, 2.05) is 24.3 Å². The normalized spacial score (nSPS) is 18.2. The van der Waals surface area contributed by atoms with Crippen molar-refractivity contribution in [2.75, 3.05) is 17.1 Å². The van der Waals surface area contributed by atoms with Gasteiger partial charge in [0.1, 0.15) is 9.22 Å². The maximum Gasteiger partial charge on any atom is 0.266 e. The number of nitrogens with zero attached hydrogens (tertiary/aromatic N) is 4. The van der Waals surface area contributed by atoms with Crippen molar-refractivity contribution in [3.63, 3.8) is 0 Å². The van der Waals surface area contributed by atoms with Crippen LogP contribution < -0.4 is 4.31 Å². The van der Waals surface area contributed by atoms with E-state index in [2.05, 4.69) is 9.97 Å². The van der Waals surface area contributed by atoms with Gasteiger partial charge >= 0.3 is 0 Å². The van der Waals surface area contributed by atoms with Crippen molar-refractivity contribution < 1.29 is 13.5 Å². The van der Waals surface area contributed by atoms with Gasteiger partial charge in [0.15, 0.2) is 5.72 Å². The number of thiocarbonyl (C=S) groups is 1. The Hall–Kier alpha value is -3.05. The summed E-state index contributed by atoms with van der Waals surface area (Å²) in [5.41, 5.74) is 1.15. The highest BCUT2D eigenvalue weighted by Gasteiger charge is 2.44. The molecule has 1 atom stereocenters. The first-order valence-electron chi connectivity index (χ1n) is 10.8. The zero-order valence-electron chi connectivity index (χ0n) is 18.8. The third-order valence-electron chi connectivity index (χ3n) is 6.05. The predicted octanol–water partition coefficient (Wildman–Crippen LogP) is 4.13. The topological polar surface area (TPSA) is 86.6 Å². The van der Waals surface area contributed by atoms with Crippen LogP contribution in [0.15, 0.2) is 90.2 Å². The average molecular weight is 523 g/mol. The fourth-order valence-electron chi connectivity index (χ4n) is 4.09. The third kappa shape index (κ3) is 4.27. The number of hydrogen-bond donors (Lipinski definition) is 1. The van der Waals surface area contributed by atoms with Crippen LogP contribution in [0.4, 0.5) is 5.69 Å². The van der Waals surface area contributed by atoms with Gasteiger partial charge in [-0.2, -0.15) is 0 Å². The van der Waals surface area contributed by atoms with Crippen molar-refractivity contribution in [2.45, 2.75) is 17.2 Å². The van der Waals surface area contributed by atoms with Gasteiger partial charge < -0.3 is 10.0 Å². The van der Waals surface area contributed by atoms with Crippen molar-refractivity contribution in [1.29, 1.82) is 0 Å². The minimum Gasteiger partial charge on any atom is -0.366 e. The predicted molar refractivity (Wildman–Crippen MR) is 143 cm³/mol. The molecule has 2 aromatic carbocycles. The summed E-state index contributed by atoms with van der Waals surface area (Å²) in [4.78, 5) is 10.3. The summed E-state index contributed by atoms with van der Waals surface area (Å²) in [6, 6.07) is 19.4. The average Bonchev–Trinajstić information content (AvgIpc) is 3.18. The largest absolute Gasteiger partial charge is 0.366 e. The Balaban J connectivity index is 1.44. The zero-order chi connectivity index (χ0) is 24.6. The fourth-order valence-corrected chi connectivity index (χ4v) is 6.86. The van der Waals surface area contributed by atoms with E-state index in [-0.39, 0.29) is 4.90 Å². The van der Waals surface area contributed by atoms with Crippen LogP contribution >= 0.6 is 24.0 Å². The molecule has 0 spiro atoms. The monoisotopic (exact) mass is 522 g/mol. The molecule has 7 nitrogen and oxygen atoms in total. The number of thioether (sulfide) groups is 1. The Morgan fingerprint density at radius 3 is 2.57 bits per heavy atom. The highest BCUT2D eigenvalue weighted by molar-refractivity contribution is 8.23. The third-order valence-corrected chi connectivity index (χ3v) is 9.46. The van der Waals surface area contributed by atoms with Gasteiger partial charge in [-0.1, -0.05) is 60.4 Å². The molecule has 0 radical (unpaired) electrons. The van der Waals surface area contributed by atoms with Gasteiger partial charge in [0.2, 0.25) is 0 Å². The van der Waals surface area contributed by atoms with E-state index in [1.54, 1.807) is 66.0 Å². The molecule has 0 amide bonds. The van der Waals surface area contributed by atoms with Crippen LogP contribution in [0, 0.1) is 0 Å². The van der Waals surface area contributed by atoms with Gasteiger partial charge in [0.05, 0.1) is 17.0 Å². The molecule has 178 valence electrons. The smallest absolute Gasteiger partial charge is 0.266 e. The van der Waals surface area contributed by atoms with E-state index < -0.39 is 15.7 Å². The van der Waals surface area contributed by atoms with Crippen molar-refractivity contribution in [2.24, 2.45) is 0 Å². The highest BCUT2D eigenvalue weighted by atomic mass is 32.2. The molecule has 4 aromatic rings. The van der Waals surface area contributed by atoms with Crippen molar-refractivity contribution in [3.05, 3.63) is 96.4 Å². The molecule has 1 N–H and O–H groups in total. The van der Waals surface area contributed by atoms with E-state index in [1.165, 1.54) is 23.1 Å². The van der Waals surface area contributed by atoms with Gasteiger partial charge in [0, 0.05) is 43.1 Å². The minimum absolute atomic E-state index is 0.140. The van der Waals surface area contributed by atoms with Crippen LogP contribution in [0.3, 0.4) is 0 Å². The molecule has 35 heavy (non-hydrogen) atoms. The van der Waals surface area contributed by atoms with Gasteiger partial charge in [-0.15, -0.1) is 0 Å². The molecule has 0 saturated carbocycles. The number of pyridine rings is 2. The molecule has 1 fully saturated rings. The molecule has 5 rings (SSSR count). The lowest BCUT2D eigenvalue weighted by Gasteiger charge is -2.34. The molecule has 10 heteroatoms. The molecule has 1 aliphatic rings. The summed E-state index contributed by atoms with van der Waals surface area (Å²) in [5.74, 6) is 0.376. The zero-order valence-corrected chi connectivity index (χ0v) is 21.2. The number of anilines is 1. The van der Waals surface area contributed by atoms with E-state index in [4.69, 9.17) is 12.2 Å². The molecule has 0 aliphatic carbocycles. The van der Waals surface area contributed by atoms with Crippen LogP contribution in [-0.4, -0.2) is 45.5 Å². The second-order valence-electron chi connectivity index (χ2n) is 8.17. The lowest BCUT2D eigenvalue weighted by Crippen LogP contribution is -2.44. The summed E-state index contributed by atoms with van der Waals surface area (Å²) in [6.07, 6.45) is 5.03. The molecular weight excluding hydrogens is 501 g/mol. The quantitative estimate of drug-likeness (QED) is 0.378. The second kappa shape index (κ2) is 9.19. The van der Waals surface area contributed by atoms with Gasteiger partial charge in [-0.3, -0.25) is 14.3 Å². The molecule has 1 aliphatic heterocycles. The number of fused-ring (bicyclic) bond motifs is 1. The molecule has 1 unspecified atom stereocenters. The molecule has 1 saturated heterocycles. The summed E-state index contributed by atoms with van der Waals surface area (Å²) in [5, 5.41) is 12.3. The fraction of sp³-hybridized carbons (Fsp3) is 0.160. The van der Waals surface area contributed by atoms with E-state index in [0.717, 1.165) is 10.9 Å². The van der Waals surface area contributed by atoms with Crippen molar-refractivity contribution >= 4 is 54.9 Å².